The van der Waals surface area contributed by atoms with Gasteiger partial charge in [0, 0.05) is 13.0 Å². The Morgan fingerprint density at radius 3 is 1.38 bits per heavy atom. The molecule has 0 radical (unpaired) electrons. The molecule has 2 nitrogen and oxygen atoms in total. The summed E-state index contributed by atoms with van der Waals surface area (Å²) in [5, 5.41) is 0. The van der Waals surface area contributed by atoms with Crippen molar-refractivity contribution in [2.75, 3.05) is 0 Å². The first-order valence-electron chi connectivity index (χ1n) is 5.33. The normalized spacial score (nSPS) is 15.2. The van der Waals surface area contributed by atoms with Gasteiger partial charge in [0.15, 0.2) is 0 Å². The summed E-state index contributed by atoms with van der Waals surface area (Å²) >= 11 is 0. The van der Waals surface area contributed by atoms with Crippen LogP contribution in [-0.2, 0) is 9.53 Å². The molecule has 0 aliphatic rings. The van der Waals surface area contributed by atoms with E-state index in [-0.39, 0.29) is 6.08 Å². The second kappa shape index (κ2) is 5.72. The number of esters is 1. The molecule has 142 valence electrons. The van der Waals surface area contributed by atoms with Crippen molar-refractivity contribution in [3.8, 4) is 0 Å². The van der Waals surface area contributed by atoms with E-state index in [1.165, 1.54) is 0 Å². The van der Waals surface area contributed by atoms with E-state index >= 15 is 0 Å². The van der Waals surface area contributed by atoms with Gasteiger partial charge < -0.3 is 4.74 Å². The Kier molecular flexibility index (Phi) is 5.33. The molecule has 0 aromatic carbocycles. The van der Waals surface area contributed by atoms with Gasteiger partial charge in [0.1, 0.15) is 0 Å². The predicted molar refractivity (Wildman–Crippen MR) is 51.6 cm³/mol. The number of rotatable bonds is 7. The topological polar surface area (TPSA) is 26.3 Å². The minimum Gasteiger partial charge on any atom is -0.393 e. The van der Waals surface area contributed by atoms with Gasteiger partial charge in [-0.1, -0.05) is 6.58 Å². The summed E-state index contributed by atoms with van der Waals surface area (Å²) in [5.74, 6) is -38.6. The van der Waals surface area contributed by atoms with Crippen LogP contribution in [0.2, 0.25) is 0 Å². The van der Waals surface area contributed by atoms with E-state index in [9.17, 15) is 57.5 Å². The second-order valence-electron chi connectivity index (χ2n) is 4.33. The summed E-state index contributed by atoms with van der Waals surface area (Å²) < 4.78 is 157. The third kappa shape index (κ3) is 3.01. The molecule has 0 heterocycles. The van der Waals surface area contributed by atoms with Gasteiger partial charge in [0.25, 0.3) is 0 Å². The Morgan fingerprint density at radius 1 is 0.750 bits per heavy atom. The maximum absolute atomic E-state index is 13.0. The monoisotopic (exact) mass is 386 g/mol. The Labute approximate surface area is 125 Å². The fourth-order valence-electron chi connectivity index (χ4n) is 1.08. The largest absolute Gasteiger partial charge is 0.473 e. The smallest absolute Gasteiger partial charge is 0.393 e. The van der Waals surface area contributed by atoms with E-state index < -0.39 is 48.6 Å². The number of ether oxygens (including phenoxy) is 1. The van der Waals surface area contributed by atoms with Gasteiger partial charge >= 0.3 is 41.7 Å². The van der Waals surface area contributed by atoms with Crippen LogP contribution >= 0.6 is 0 Å². The van der Waals surface area contributed by atoms with Crippen LogP contribution in [0.15, 0.2) is 12.7 Å². The number of alkyl halides is 12. The van der Waals surface area contributed by atoms with Gasteiger partial charge in [0.2, 0.25) is 0 Å². The lowest BCUT2D eigenvalue weighted by molar-refractivity contribution is -0.449. The second-order valence-corrected chi connectivity index (χ2v) is 4.33. The van der Waals surface area contributed by atoms with E-state index in [0.29, 0.717) is 0 Å². The number of halogens is 12. The zero-order chi connectivity index (χ0) is 20.0. The number of carbonyl (C=O) groups excluding carboxylic acids is 1. The lowest BCUT2D eigenvalue weighted by Gasteiger charge is -2.39. The minimum atomic E-state index is -7.76. The molecule has 0 saturated carbocycles. The highest BCUT2D eigenvalue weighted by Gasteiger charge is 2.90. The first-order chi connectivity index (χ1) is 10.2. The molecule has 0 N–H and O–H groups in total. The van der Waals surface area contributed by atoms with Crippen LogP contribution in [0.3, 0.4) is 0 Å². The average molecular weight is 386 g/mol. The van der Waals surface area contributed by atoms with Crippen LogP contribution in [0.4, 0.5) is 52.7 Å². The molecule has 0 aromatic rings. The summed E-state index contributed by atoms with van der Waals surface area (Å²) in [6.45, 7) is 1.38. The molecule has 0 amide bonds. The van der Waals surface area contributed by atoms with Crippen molar-refractivity contribution in [3.63, 3.8) is 0 Å². The third-order valence-electron chi connectivity index (χ3n) is 2.50. The Hall–Kier alpha value is -1.63. The van der Waals surface area contributed by atoms with Crippen LogP contribution < -0.4 is 0 Å². The minimum absolute atomic E-state index is 0.269. The Balaban J connectivity index is 6.20. The summed E-state index contributed by atoms with van der Waals surface area (Å²) in [4.78, 5) is 10.4. The average Bonchev–Trinajstić information content (AvgIpc) is 2.35. The molecule has 0 saturated heterocycles. The number of hydrogen-bond acceptors (Lipinski definition) is 2. The summed E-state index contributed by atoms with van der Waals surface area (Å²) in [6, 6.07) is 0. The van der Waals surface area contributed by atoms with Gasteiger partial charge in [-0.2, -0.15) is 52.7 Å². The molecule has 0 spiro atoms. The molecule has 24 heavy (non-hydrogen) atoms. The molecule has 0 bridgehead atoms. The van der Waals surface area contributed by atoms with E-state index in [4.69, 9.17) is 0 Å². The highest BCUT2D eigenvalue weighted by Crippen LogP contribution is 2.60. The lowest BCUT2D eigenvalue weighted by Crippen LogP contribution is -2.70. The van der Waals surface area contributed by atoms with Crippen molar-refractivity contribution in [3.05, 3.63) is 12.7 Å². The maximum atomic E-state index is 13.0. The van der Waals surface area contributed by atoms with Crippen LogP contribution in [0.1, 0.15) is 6.92 Å². The molecule has 0 rings (SSSR count). The van der Waals surface area contributed by atoms with Gasteiger partial charge in [-0.25, -0.2) is 4.79 Å². The van der Waals surface area contributed by atoms with Gasteiger partial charge in [-0.15, -0.1) is 0 Å². The van der Waals surface area contributed by atoms with Gasteiger partial charge in [-0.3, -0.25) is 0 Å². The zero-order valence-corrected chi connectivity index (χ0v) is 11.1. The summed E-state index contributed by atoms with van der Waals surface area (Å²) in [5.41, 5.74) is 0. The predicted octanol–water partition coefficient (Wildman–Crippen LogP) is 4.50. The molecule has 0 aromatic heterocycles. The van der Waals surface area contributed by atoms with Crippen molar-refractivity contribution in [2.45, 2.75) is 42.6 Å². The van der Waals surface area contributed by atoms with E-state index in [0.717, 1.165) is 0 Å². The molecule has 0 aliphatic heterocycles. The highest BCUT2D eigenvalue weighted by molar-refractivity contribution is 5.81. The molecular formula is C10H6F12O2. The standard InChI is InChI=1S/C10H6F12O2/c1-3-4(23)24-10(21,22)9(19,20)8(17,18)7(15,16)6(13,14)5(2,11)12/h3H,1H2,2H3. The van der Waals surface area contributed by atoms with Gasteiger partial charge in [-0.05, 0) is 0 Å². The maximum Gasteiger partial charge on any atom is 0.473 e. The number of carbonyl (C=O) groups is 1. The fraction of sp³-hybridized carbons (Fsp3) is 0.700. The molecule has 0 fully saturated rings. The Bertz CT molecular complexity index is 504. The zero-order valence-electron chi connectivity index (χ0n) is 11.1. The van der Waals surface area contributed by atoms with Crippen molar-refractivity contribution in [1.29, 1.82) is 0 Å². The summed E-state index contributed by atoms with van der Waals surface area (Å²) in [7, 11) is 0. The van der Waals surface area contributed by atoms with Crippen LogP contribution in [0, 0.1) is 0 Å². The molecule has 14 heteroatoms. The number of hydrogen-bond donors (Lipinski definition) is 0. The van der Waals surface area contributed by atoms with Crippen molar-refractivity contribution in [2.24, 2.45) is 0 Å². The van der Waals surface area contributed by atoms with E-state index in [2.05, 4.69) is 11.3 Å². The van der Waals surface area contributed by atoms with E-state index in [1.807, 2.05) is 0 Å². The van der Waals surface area contributed by atoms with E-state index in [1.54, 1.807) is 0 Å². The third-order valence-corrected chi connectivity index (χ3v) is 2.50. The quantitative estimate of drug-likeness (QED) is 0.366. The molecule has 0 aliphatic carbocycles. The summed E-state index contributed by atoms with van der Waals surface area (Å²) in [6.07, 6.45) is -7.03. The van der Waals surface area contributed by atoms with Crippen LogP contribution in [0.5, 0.6) is 0 Å². The molecule has 0 unspecified atom stereocenters. The van der Waals surface area contributed by atoms with Crippen molar-refractivity contribution < 1.29 is 62.2 Å². The lowest BCUT2D eigenvalue weighted by atomic mass is 9.94. The SMILES string of the molecule is C=CC(=O)OC(F)(F)C(F)(F)C(F)(F)C(F)(F)C(F)(F)C(C)(F)F. The van der Waals surface area contributed by atoms with Gasteiger partial charge in [0.05, 0.1) is 0 Å². The fourth-order valence-corrected chi connectivity index (χ4v) is 1.08. The molecular weight excluding hydrogens is 380 g/mol. The first-order valence-corrected chi connectivity index (χ1v) is 5.33. The first kappa shape index (κ1) is 22.4. The van der Waals surface area contributed by atoms with Crippen LogP contribution in [0.25, 0.3) is 0 Å². The Morgan fingerprint density at radius 2 is 1.08 bits per heavy atom. The molecule has 0 atom stereocenters. The highest BCUT2D eigenvalue weighted by atomic mass is 19.4. The van der Waals surface area contributed by atoms with Crippen LogP contribution in [-0.4, -0.2) is 41.7 Å². The van der Waals surface area contributed by atoms with Crippen molar-refractivity contribution >= 4 is 5.97 Å². The van der Waals surface area contributed by atoms with Crippen molar-refractivity contribution in [1.82, 2.24) is 0 Å².